The molecule has 1 aromatic carbocycles. The molecule has 8 nitrogen and oxygen atoms in total. The van der Waals surface area contributed by atoms with E-state index in [2.05, 4.69) is 10.6 Å². The number of nitrogens with zero attached hydrogens (tertiary/aromatic N) is 2. The maximum atomic E-state index is 12.5. The molecule has 1 aromatic rings. The number of amides is 4. The molecule has 0 saturated carbocycles. The molecule has 4 amide bonds. The molecule has 0 bridgehead atoms. The molecule has 27 heavy (non-hydrogen) atoms. The normalized spacial score (nSPS) is 19.6. The van der Waals surface area contributed by atoms with Gasteiger partial charge >= 0.3 is 18.0 Å². The van der Waals surface area contributed by atoms with Crippen molar-refractivity contribution in [1.29, 1.82) is 0 Å². The number of carboxylic acids is 1. The monoisotopic (exact) mass is 374 g/mol. The van der Waals surface area contributed by atoms with Crippen LogP contribution in [0.25, 0.3) is 0 Å². The number of likely N-dealkylation sites (tertiary alicyclic amines) is 2. The number of piperidine rings is 1. The minimum Gasteiger partial charge on any atom is -0.478 e. The van der Waals surface area contributed by atoms with Gasteiger partial charge in [0.15, 0.2) is 0 Å². The second-order valence-electron chi connectivity index (χ2n) is 7.09. The Morgan fingerprint density at radius 1 is 1.00 bits per heavy atom. The number of benzene rings is 1. The summed E-state index contributed by atoms with van der Waals surface area (Å²) in [5.41, 5.74) is 1.04. The predicted molar refractivity (Wildman–Crippen MR) is 99.6 cm³/mol. The molecule has 2 heterocycles. The Kier molecular flexibility index (Phi) is 6.16. The fourth-order valence-corrected chi connectivity index (χ4v) is 3.56. The molecular formula is C19H26N4O4. The van der Waals surface area contributed by atoms with E-state index in [9.17, 15) is 14.4 Å². The lowest BCUT2D eigenvalue weighted by molar-refractivity contribution is 0.0696. The van der Waals surface area contributed by atoms with E-state index >= 15 is 0 Å². The van der Waals surface area contributed by atoms with Crippen LogP contribution in [0.2, 0.25) is 0 Å². The second kappa shape index (κ2) is 8.75. The molecule has 2 aliphatic rings. The lowest BCUT2D eigenvalue weighted by Gasteiger charge is -2.35. The highest BCUT2D eigenvalue weighted by atomic mass is 16.4. The summed E-state index contributed by atoms with van der Waals surface area (Å²) in [7, 11) is 0. The molecule has 8 heteroatoms. The van der Waals surface area contributed by atoms with Crippen molar-refractivity contribution >= 4 is 18.0 Å². The summed E-state index contributed by atoms with van der Waals surface area (Å²) in [5, 5.41) is 14.6. The van der Waals surface area contributed by atoms with E-state index in [0.717, 1.165) is 50.9 Å². The molecule has 0 radical (unpaired) electrons. The van der Waals surface area contributed by atoms with E-state index in [0.29, 0.717) is 13.1 Å². The number of carboxylic acid groups (broad SMARTS) is 1. The summed E-state index contributed by atoms with van der Waals surface area (Å²) >= 11 is 0. The number of hydrogen-bond donors (Lipinski definition) is 3. The third-order valence-electron chi connectivity index (χ3n) is 5.06. The summed E-state index contributed by atoms with van der Waals surface area (Å²) in [4.78, 5) is 39.2. The molecule has 3 N–H and O–H groups in total. The van der Waals surface area contributed by atoms with Crippen LogP contribution in [0.4, 0.5) is 9.59 Å². The van der Waals surface area contributed by atoms with Crippen molar-refractivity contribution in [1.82, 2.24) is 20.4 Å². The molecule has 3 rings (SSSR count). The van der Waals surface area contributed by atoms with Gasteiger partial charge in [-0.2, -0.15) is 0 Å². The van der Waals surface area contributed by atoms with Crippen molar-refractivity contribution in [2.24, 2.45) is 0 Å². The summed E-state index contributed by atoms with van der Waals surface area (Å²) in [5.74, 6) is -0.974. The van der Waals surface area contributed by atoms with E-state index in [-0.39, 0.29) is 23.7 Å². The van der Waals surface area contributed by atoms with Gasteiger partial charge in [0, 0.05) is 38.8 Å². The molecule has 2 aliphatic heterocycles. The topological polar surface area (TPSA) is 102 Å². The fourth-order valence-electron chi connectivity index (χ4n) is 3.56. The van der Waals surface area contributed by atoms with E-state index in [4.69, 9.17) is 5.11 Å². The van der Waals surface area contributed by atoms with E-state index in [1.807, 2.05) is 9.80 Å². The van der Waals surface area contributed by atoms with E-state index in [1.165, 1.54) is 12.1 Å². The number of rotatable bonds is 4. The fraction of sp³-hybridized carbons (Fsp3) is 0.526. The number of carbonyl (C=O) groups is 3. The first kappa shape index (κ1) is 19.0. The molecular weight excluding hydrogens is 348 g/mol. The number of aromatic carboxylic acids is 1. The summed E-state index contributed by atoms with van der Waals surface area (Å²) in [6.45, 7) is 3.25. The Morgan fingerprint density at radius 3 is 2.33 bits per heavy atom. The number of carbonyl (C=O) groups excluding carboxylic acids is 2. The molecule has 1 unspecified atom stereocenters. The zero-order valence-corrected chi connectivity index (χ0v) is 15.3. The molecule has 2 saturated heterocycles. The van der Waals surface area contributed by atoms with Crippen molar-refractivity contribution in [2.75, 3.05) is 26.2 Å². The second-order valence-corrected chi connectivity index (χ2v) is 7.09. The minimum atomic E-state index is -0.974. The Morgan fingerprint density at radius 2 is 1.67 bits per heavy atom. The first-order valence-corrected chi connectivity index (χ1v) is 9.43. The van der Waals surface area contributed by atoms with Crippen LogP contribution >= 0.6 is 0 Å². The van der Waals surface area contributed by atoms with Gasteiger partial charge in [-0.3, -0.25) is 0 Å². The van der Waals surface area contributed by atoms with Crippen molar-refractivity contribution in [3.05, 3.63) is 35.4 Å². The average Bonchev–Trinajstić information content (AvgIpc) is 3.21. The zero-order chi connectivity index (χ0) is 19.2. The highest BCUT2D eigenvalue weighted by molar-refractivity contribution is 5.87. The van der Waals surface area contributed by atoms with Crippen LogP contribution in [0.15, 0.2) is 24.3 Å². The van der Waals surface area contributed by atoms with Crippen LogP contribution in [-0.2, 0) is 6.54 Å². The molecule has 2 fully saturated rings. The Labute approximate surface area is 158 Å². The molecule has 0 aliphatic carbocycles. The first-order valence-electron chi connectivity index (χ1n) is 9.43. The summed E-state index contributed by atoms with van der Waals surface area (Å²) in [6.07, 6.45) is 3.86. The van der Waals surface area contributed by atoms with Crippen LogP contribution in [-0.4, -0.2) is 65.2 Å². The number of hydrogen-bond acceptors (Lipinski definition) is 3. The van der Waals surface area contributed by atoms with Gasteiger partial charge in [0.1, 0.15) is 0 Å². The van der Waals surface area contributed by atoms with Gasteiger partial charge in [0.25, 0.3) is 0 Å². The standard InChI is InChI=1S/C19H26N4O4/c24-17(25)15-7-5-14(6-8-15)12-20-18(26)21-16-4-3-11-23(13-16)19(27)22-9-1-2-10-22/h5-8,16H,1-4,9-13H2,(H,24,25)(H2,20,21,26). The van der Waals surface area contributed by atoms with Crippen LogP contribution in [0.3, 0.4) is 0 Å². The zero-order valence-electron chi connectivity index (χ0n) is 15.3. The van der Waals surface area contributed by atoms with Crippen molar-refractivity contribution in [2.45, 2.75) is 38.3 Å². The Bertz CT molecular complexity index is 685. The average molecular weight is 374 g/mol. The van der Waals surface area contributed by atoms with Crippen LogP contribution < -0.4 is 10.6 Å². The lowest BCUT2D eigenvalue weighted by atomic mass is 10.1. The van der Waals surface area contributed by atoms with Crippen molar-refractivity contribution in [3.63, 3.8) is 0 Å². The molecule has 0 aromatic heterocycles. The van der Waals surface area contributed by atoms with Crippen LogP contribution in [0, 0.1) is 0 Å². The third kappa shape index (κ3) is 5.12. The quantitative estimate of drug-likeness (QED) is 0.749. The number of nitrogens with one attached hydrogen (secondary N) is 2. The largest absolute Gasteiger partial charge is 0.478 e. The van der Waals surface area contributed by atoms with E-state index < -0.39 is 5.97 Å². The Balaban J connectivity index is 1.44. The van der Waals surface area contributed by atoms with Crippen LogP contribution in [0.1, 0.15) is 41.6 Å². The maximum absolute atomic E-state index is 12.5. The van der Waals surface area contributed by atoms with E-state index in [1.54, 1.807) is 12.1 Å². The van der Waals surface area contributed by atoms with Crippen molar-refractivity contribution in [3.8, 4) is 0 Å². The van der Waals surface area contributed by atoms with Gasteiger partial charge in [-0.05, 0) is 43.4 Å². The van der Waals surface area contributed by atoms with Crippen molar-refractivity contribution < 1.29 is 19.5 Å². The SMILES string of the molecule is O=C(NCc1ccc(C(=O)O)cc1)NC1CCCN(C(=O)N2CCCC2)C1. The first-order chi connectivity index (χ1) is 13.0. The molecule has 146 valence electrons. The van der Waals surface area contributed by atoms with Crippen LogP contribution in [0.5, 0.6) is 0 Å². The minimum absolute atomic E-state index is 0.0558. The summed E-state index contributed by atoms with van der Waals surface area (Å²) < 4.78 is 0. The molecule has 1 atom stereocenters. The predicted octanol–water partition coefficient (Wildman–Crippen LogP) is 1.86. The highest BCUT2D eigenvalue weighted by Crippen LogP contribution is 2.16. The lowest BCUT2D eigenvalue weighted by Crippen LogP contribution is -2.54. The maximum Gasteiger partial charge on any atom is 0.335 e. The van der Waals surface area contributed by atoms with Gasteiger partial charge in [0.05, 0.1) is 5.56 Å². The van der Waals surface area contributed by atoms with Gasteiger partial charge in [-0.1, -0.05) is 12.1 Å². The van der Waals surface area contributed by atoms with Gasteiger partial charge < -0.3 is 25.5 Å². The van der Waals surface area contributed by atoms with Gasteiger partial charge in [-0.15, -0.1) is 0 Å². The molecule has 0 spiro atoms. The summed E-state index contributed by atoms with van der Waals surface area (Å²) in [6, 6.07) is 6.14. The Hall–Kier alpha value is -2.77. The smallest absolute Gasteiger partial charge is 0.335 e. The number of urea groups is 2. The highest BCUT2D eigenvalue weighted by Gasteiger charge is 2.29. The third-order valence-corrected chi connectivity index (χ3v) is 5.06. The van der Waals surface area contributed by atoms with Gasteiger partial charge in [0.2, 0.25) is 0 Å². The van der Waals surface area contributed by atoms with Gasteiger partial charge in [-0.25, -0.2) is 14.4 Å².